The van der Waals surface area contributed by atoms with Crippen molar-refractivity contribution in [2.75, 3.05) is 0 Å². The molecule has 0 amide bonds. The molecule has 2 fully saturated rings. The summed E-state index contributed by atoms with van der Waals surface area (Å²) >= 11 is 0. The maximum Gasteiger partial charge on any atom is 0.373 e. The van der Waals surface area contributed by atoms with Crippen LogP contribution in [0.5, 0.6) is 0 Å². The third kappa shape index (κ3) is 13.2. The second kappa shape index (κ2) is 18.3. The molecule has 2 heterocycles. The molecule has 10 unspecified atom stereocenters. The van der Waals surface area contributed by atoms with Gasteiger partial charge in [0.15, 0.2) is 12.2 Å². The van der Waals surface area contributed by atoms with Gasteiger partial charge in [-0.1, -0.05) is 27.7 Å². The quantitative estimate of drug-likeness (QED) is 0.382. The van der Waals surface area contributed by atoms with Crippen LogP contribution in [0.15, 0.2) is 0 Å². The first kappa shape index (κ1) is 36.2. The summed E-state index contributed by atoms with van der Waals surface area (Å²) in [7, 11) is 0. The Morgan fingerprint density at radius 1 is 0.595 bits per heavy atom. The van der Waals surface area contributed by atoms with Gasteiger partial charge in [0.1, 0.15) is 0 Å². The van der Waals surface area contributed by atoms with Gasteiger partial charge in [0.2, 0.25) is 12.6 Å². The first-order chi connectivity index (χ1) is 17.1. The summed E-state index contributed by atoms with van der Waals surface area (Å²) in [6.45, 7) is 15.5. The minimum atomic E-state index is -1.50. The van der Waals surface area contributed by atoms with Crippen molar-refractivity contribution >= 4 is 30.2 Å². The Morgan fingerprint density at radius 3 is 1.30 bits per heavy atom. The Hall–Kier alpha value is -2.98. The molecule has 13 heteroatoms. The van der Waals surface area contributed by atoms with E-state index in [4.69, 9.17) is 42.9 Å². The Balaban J connectivity index is 0. The highest BCUT2D eigenvalue weighted by Crippen LogP contribution is 2.34. The van der Waals surface area contributed by atoms with Gasteiger partial charge in [0.25, 0.3) is 0 Å². The van der Waals surface area contributed by atoms with Crippen LogP contribution in [0.3, 0.4) is 0 Å². The summed E-state index contributed by atoms with van der Waals surface area (Å²) < 4.78 is 39.1. The van der Waals surface area contributed by atoms with Crippen LogP contribution in [0.1, 0.15) is 62.3 Å². The van der Waals surface area contributed by atoms with Gasteiger partial charge in [0, 0.05) is 32.6 Å². The van der Waals surface area contributed by atoms with Crippen LogP contribution in [0, 0.1) is 23.7 Å². The van der Waals surface area contributed by atoms with Gasteiger partial charge >= 0.3 is 30.2 Å². The number of hydrogen-bond acceptors (Lipinski definition) is 12. The Kier molecular flexibility index (Phi) is 17.9. The molecule has 2 saturated heterocycles. The molecule has 2 aliphatic rings. The van der Waals surface area contributed by atoms with Crippen molar-refractivity contribution in [2.24, 2.45) is 23.7 Å². The SMILES string of the molecule is CC(=O)OC1C(F)OC(C)C(C)C1C.CC(=O)OC1OC(C)C(C)C(C)C1OC(C)=O.O=C=O.O=C=O. The van der Waals surface area contributed by atoms with Gasteiger partial charge in [-0.15, -0.1) is 0 Å². The Morgan fingerprint density at radius 2 is 0.919 bits per heavy atom. The van der Waals surface area contributed by atoms with Crippen LogP contribution in [0.25, 0.3) is 0 Å². The van der Waals surface area contributed by atoms with Crippen molar-refractivity contribution in [3.05, 3.63) is 0 Å². The molecule has 0 bridgehead atoms. The molecule has 37 heavy (non-hydrogen) atoms. The number of carbonyl (C=O) groups excluding carboxylic acids is 7. The predicted molar refractivity (Wildman–Crippen MR) is 119 cm³/mol. The largest absolute Gasteiger partial charge is 0.457 e. The van der Waals surface area contributed by atoms with Gasteiger partial charge in [-0.05, 0) is 25.7 Å². The van der Waals surface area contributed by atoms with Crippen LogP contribution in [-0.2, 0) is 57.2 Å². The number of hydrogen-bond donors (Lipinski definition) is 0. The number of rotatable bonds is 3. The van der Waals surface area contributed by atoms with Crippen LogP contribution < -0.4 is 0 Å². The lowest BCUT2D eigenvalue weighted by atomic mass is 9.84. The van der Waals surface area contributed by atoms with Gasteiger partial charge < -0.3 is 23.7 Å². The zero-order valence-electron chi connectivity index (χ0n) is 22.6. The highest BCUT2D eigenvalue weighted by Gasteiger charge is 2.44. The van der Waals surface area contributed by atoms with E-state index < -0.39 is 42.8 Å². The van der Waals surface area contributed by atoms with Crippen LogP contribution >= 0.6 is 0 Å². The fraction of sp³-hybridized carbons (Fsp3) is 0.792. The van der Waals surface area contributed by atoms with E-state index in [1.807, 2.05) is 41.5 Å². The minimum Gasteiger partial charge on any atom is -0.457 e. The Bertz CT molecular complexity index is 779. The van der Waals surface area contributed by atoms with E-state index in [-0.39, 0.29) is 48.2 Å². The summed E-state index contributed by atoms with van der Waals surface area (Å²) in [4.78, 5) is 65.3. The molecule has 12 nitrogen and oxygen atoms in total. The van der Waals surface area contributed by atoms with Crippen molar-refractivity contribution in [3.8, 4) is 0 Å². The van der Waals surface area contributed by atoms with Crippen molar-refractivity contribution in [1.82, 2.24) is 0 Å². The average Bonchev–Trinajstić information content (AvgIpc) is 2.77. The second-order valence-electron chi connectivity index (χ2n) is 8.76. The second-order valence-corrected chi connectivity index (χ2v) is 8.76. The van der Waals surface area contributed by atoms with Gasteiger partial charge in [0.05, 0.1) is 12.2 Å². The maximum absolute atomic E-state index is 13.4. The molecule has 2 aliphatic heterocycles. The number of esters is 3. The maximum atomic E-state index is 13.4. The van der Waals surface area contributed by atoms with E-state index in [1.165, 1.54) is 20.8 Å². The lowest BCUT2D eigenvalue weighted by molar-refractivity contribution is -0.263. The third-order valence-electron chi connectivity index (χ3n) is 6.28. The molecule has 0 aliphatic carbocycles. The highest BCUT2D eigenvalue weighted by molar-refractivity contribution is 5.67. The summed E-state index contributed by atoms with van der Waals surface area (Å²) in [5, 5.41) is 0. The zero-order valence-corrected chi connectivity index (χ0v) is 22.6. The molecule has 10 atom stereocenters. The summed E-state index contributed by atoms with van der Waals surface area (Å²) in [6.07, 6.45) is -3.29. The lowest BCUT2D eigenvalue weighted by Crippen LogP contribution is -2.51. The summed E-state index contributed by atoms with van der Waals surface area (Å²) in [5.74, 6) is -0.831. The molecule has 2 rings (SSSR count). The average molecular weight is 537 g/mol. The summed E-state index contributed by atoms with van der Waals surface area (Å²) in [6, 6.07) is 0. The molecule has 0 radical (unpaired) electrons. The Labute approximate surface area is 215 Å². The molecular formula is C24H37FO12. The summed E-state index contributed by atoms with van der Waals surface area (Å²) in [5.41, 5.74) is 0. The van der Waals surface area contributed by atoms with Crippen molar-refractivity contribution in [1.29, 1.82) is 0 Å². The van der Waals surface area contributed by atoms with Gasteiger partial charge in [-0.3, -0.25) is 14.4 Å². The highest BCUT2D eigenvalue weighted by atomic mass is 19.1. The van der Waals surface area contributed by atoms with E-state index in [1.54, 1.807) is 0 Å². The molecule has 0 spiro atoms. The fourth-order valence-corrected chi connectivity index (χ4v) is 3.72. The van der Waals surface area contributed by atoms with E-state index in [0.717, 1.165) is 0 Å². The van der Waals surface area contributed by atoms with E-state index in [9.17, 15) is 18.8 Å². The molecule has 0 saturated carbocycles. The first-order valence-corrected chi connectivity index (χ1v) is 11.5. The van der Waals surface area contributed by atoms with Crippen molar-refractivity contribution in [3.63, 3.8) is 0 Å². The molecule has 0 aromatic carbocycles. The molecular weight excluding hydrogens is 499 g/mol. The molecule has 212 valence electrons. The molecule has 0 aromatic heterocycles. The topological polar surface area (TPSA) is 166 Å². The van der Waals surface area contributed by atoms with Crippen LogP contribution in [0.2, 0.25) is 0 Å². The number of carbonyl (C=O) groups is 3. The van der Waals surface area contributed by atoms with E-state index in [2.05, 4.69) is 0 Å². The molecule has 0 aromatic rings. The van der Waals surface area contributed by atoms with Crippen molar-refractivity contribution < 1.29 is 61.6 Å². The van der Waals surface area contributed by atoms with E-state index >= 15 is 0 Å². The fourth-order valence-electron chi connectivity index (χ4n) is 3.72. The zero-order chi connectivity index (χ0) is 29.5. The monoisotopic (exact) mass is 536 g/mol. The normalized spacial score (nSPS) is 34.0. The van der Waals surface area contributed by atoms with Crippen LogP contribution in [0.4, 0.5) is 4.39 Å². The van der Waals surface area contributed by atoms with Gasteiger partial charge in [-0.25, -0.2) is 4.39 Å². The number of alkyl halides is 1. The number of halogens is 1. The standard InChI is InChI=1S/C12H20O5.C10H17FO3.2CO2/c1-6-7(2)11(16-9(4)13)12(15-8(6)3)17-10(5)14;1-5-6(2)9(14-8(4)12)10(11)13-7(5)3;2*2-1-3/h6-8,11-12H,1-5H3;5-7,9-10H,1-4H3;;. The third-order valence-corrected chi connectivity index (χ3v) is 6.28. The first-order valence-electron chi connectivity index (χ1n) is 11.5. The lowest BCUT2D eigenvalue weighted by Gasteiger charge is -2.42. The van der Waals surface area contributed by atoms with Crippen molar-refractivity contribution in [2.45, 2.75) is 99.4 Å². The molecule has 0 N–H and O–H groups in total. The van der Waals surface area contributed by atoms with E-state index in [0.29, 0.717) is 0 Å². The minimum absolute atomic E-state index is 0.0161. The van der Waals surface area contributed by atoms with Gasteiger partial charge in [-0.2, -0.15) is 19.2 Å². The predicted octanol–water partition coefficient (Wildman–Crippen LogP) is 2.24. The number of ether oxygens (including phenoxy) is 5. The van der Waals surface area contributed by atoms with Crippen LogP contribution in [-0.4, -0.2) is 67.3 Å². The smallest absolute Gasteiger partial charge is 0.373 e.